The van der Waals surface area contributed by atoms with Gasteiger partial charge in [-0.15, -0.1) is 0 Å². The predicted octanol–water partition coefficient (Wildman–Crippen LogP) is 0.882. The summed E-state index contributed by atoms with van der Waals surface area (Å²) in [6.45, 7) is 0.161. The number of rotatable bonds is 0. The van der Waals surface area contributed by atoms with Crippen LogP contribution in [0.4, 0.5) is 5.69 Å². The molecule has 2 rings (SSSR count). The number of benzene rings is 1. The van der Waals surface area contributed by atoms with Gasteiger partial charge in [-0.25, -0.2) is 5.32 Å². The molecule has 1 aromatic carbocycles. The summed E-state index contributed by atoms with van der Waals surface area (Å²) in [5, 5.41) is 3.88. The van der Waals surface area contributed by atoms with E-state index in [0.29, 0.717) is 5.69 Å². The number of carbonyl (C=O) groups excluding carboxylic acids is 1. The molecule has 0 N–H and O–H groups in total. The fraction of sp³-hybridized carbons (Fsp3) is 0.111. The van der Waals surface area contributed by atoms with Crippen LogP contribution in [0.2, 0.25) is 0 Å². The van der Waals surface area contributed by atoms with Crippen LogP contribution in [0.15, 0.2) is 29.3 Å². The fourth-order valence-corrected chi connectivity index (χ4v) is 1.09. The fourth-order valence-electron chi connectivity index (χ4n) is 1.09. The number of benzodiazepines with no additional fused rings is 1. The van der Waals surface area contributed by atoms with Crippen LogP contribution in [0, 0.1) is 0 Å². The second-order valence-corrected chi connectivity index (χ2v) is 2.53. The van der Waals surface area contributed by atoms with Gasteiger partial charge in [0, 0.05) is 11.8 Å². The number of nitrogens with zero attached hydrogens (tertiary/aromatic N) is 2. The van der Waals surface area contributed by atoms with Gasteiger partial charge < -0.3 is 0 Å². The van der Waals surface area contributed by atoms with Crippen LogP contribution < -0.4 is 5.32 Å². The van der Waals surface area contributed by atoms with Crippen LogP contribution in [0.25, 0.3) is 0 Å². The standard InChI is InChI=1S/C9H7N2O/c12-9-6-10-5-7-3-1-2-4-8(7)11-9/h1-5H,6H2. The van der Waals surface area contributed by atoms with E-state index in [0.717, 1.165) is 5.56 Å². The SMILES string of the molecule is O=C1CN=Cc2ccccc2[N]1. The van der Waals surface area contributed by atoms with Crippen LogP contribution in [0.3, 0.4) is 0 Å². The minimum Gasteiger partial charge on any atom is -0.282 e. The summed E-state index contributed by atoms with van der Waals surface area (Å²) >= 11 is 0. The van der Waals surface area contributed by atoms with Crippen LogP contribution >= 0.6 is 0 Å². The number of carbonyl (C=O) groups is 1. The van der Waals surface area contributed by atoms with E-state index >= 15 is 0 Å². The molecule has 0 saturated heterocycles. The molecule has 3 nitrogen and oxygen atoms in total. The van der Waals surface area contributed by atoms with E-state index in [-0.39, 0.29) is 12.5 Å². The molecule has 0 bridgehead atoms. The topological polar surface area (TPSA) is 43.5 Å². The molecular weight excluding hydrogens is 152 g/mol. The van der Waals surface area contributed by atoms with E-state index < -0.39 is 0 Å². The van der Waals surface area contributed by atoms with Crippen LogP contribution in [0.1, 0.15) is 5.56 Å². The molecule has 0 atom stereocenters. The number of fused-ring (bicyclic) bond motifs is 1. The number of amides is 1. The Morgan fingerprint density at radius 3 is 3.00 bits per heavy atom. The first-order chi connectivity index (χ1) is 5.86. The Balaban J connectivity index is 2.48. The van der Waals surface area contributed by atoms with E-state index in [1.54, 1.807) is 6.21 Å². The normalized spacial score (nSPS) is 14.8. The predicted molar refractivity (Wildman–Crippen MR) is 45.7 cm³/mol. The molecule has 0 fully saturated rings. The molecule has 0 saturated carbocycles. The lowest BCUT2D eigenvalue weighted by Crippen LogP contribution is -2.12. The summed E-state index contributed by atoms with van der Waals surface area (Å²) in [5.74, 6) is -0.184. The highest BCUT2D eigenvalue weighted by Gasteiger charge is 2.09. The molecule has 0 aromatic heterocycles. The first-order valence-corrected chi connectivity index (χ1v) is 3.70. The molecule has 0 spiro atoms. The third-order valence-electron chi connectivity index (χ3n) is 1.64. The zero-order valence-electron chi connectivity index (χ0n) is 6.40. The highest BCUT2D eigenvalue weighted by Crippen LogP contribution is 2.14. The van der Waals surface area contributed by atoms with Gasteiger partial charge in [-0.2, -0.15) is 0 Å². The maximum absolute atomic E-state index is 11.0. The van der Waals surface area contributed by atoms with Gasteiger partial charge in [-0.3, -0.25) is 9.79 Å². The van der Waals surface area contributed by atoms with E-state index in [2.05, 4.69) is 10.3 Å². The second-order valence-electron chi connectivity index (χ2n) is 2.53. The highest BCUT2D eigenvalue weighted by molar-refractivity contribution is 5.95. The molecule has 1 heterocycles. The van der Waals surface area contributed by atoms with Crippen molar-refractivity contribution in [3.63, 3.8) is 0 Å². The van der Waals surface area contributed by atoms with Gasteiger partial charge in [0.15, 0.2) is 0 Å². The van der Waals surface area contributed by atoms with Gasteiger partial charge in [0.2, 0.25) is 0 Å². The van der Waals surface area contributed by atoms with Gasteiger partial charge in [0.25, 0.3) is 5.91 Å². The molecule has 1 aliphatic heterocycles. The van der Waals surface area contributed by atoms with Crippen LogP contribution in [-0.4, -0.2) is 18.7 Å². The van der Waals surface area contributed by atoms with Crippen LogP contribution in [-0.2, 0) is 4.79 Å². The number of para-hydroxylation sites is 1. The van der Waals surface area contributed by atoms with Crippen molar-refractivity contribution in [3.8, 4) is 0 Å². The maximum Gasteiger partial charge on any atom is 0.267 e. The molecular formula is C9H7N2O. The van der Waals surface area contributed by atoms with Gasteiger partial charge in [0.1, 0.15) is 6.54 Å². The molecule has 1 aromatic rings. The lowest BCUT2D eigenvalue weighted by molar-refractivity contribution is -0.118. The summed E-state index contributed by atoms with van der Waals surface area (Å²) < 4.78 is 0. The third kappa shape index (κ3) is 1.21. The smallest absolute Gasteiger partial charge is 0.267 e. The summed E-state index contributed by atoms with van der Waals surface area (Å²) in [6, 6.07) is 7.45. The quantitative estimate of drug-likeness (QED) is 0.554. The van der Waals surface area contributed by atoms with Crippen molar-refractivity contribution in [3.05, 3.63) is 29.8 Å². The lowest BCUT2D eigenvalue weighted by Gasteiger charge is -1.98. The zero-order chi connectivity index (χ0) is 8.39. The molecule has 12 heavy (non-hydrogen) atoms. The first kappa shape index (κ1) is 7.03. The first-order valence-electron chi connectivity index (χ1n) is 3.70. The molecule has 59 valence electrons. The van der Waals surface area contributed by atoms with Crippen molar-refractivity contribution in [1.82, 2.24) is 5.32 Å². The summed E-state index contributed by atoms with van der Waals surface area (Å²) in [4.78, 5) is 14.9. The van der Waals surface area contributed by atoms with Crippen molar-refractivity contribution >= 4 is 17.8 Å². The summed E-state index contributed by atoms with van der Waals surface area (Å²) in [7, 11) is 0. The Kier molecular flexibility index (Phi) is 1.63. The Labute approximate surface area is 70.1 Å². The molecule has 1 radical (unpaired) electrons. The minimum atomic E-state index is -0.184. The lowest BCUT2D eigenvalue weighted by atomic mass is 10.2. The maximum atomic E-state index is 11.0. The zero-order valence-corrected chi connectivity index (χ0v) is 6.40. The third-order valence-corrected chi connectivity index (χ3v) is 1.64. The van der Waals surface area contributed by atoms with E-state index in [4.69, 9.17) is 0 Å². The molecule has 3 heteroatoms. The summed E-state index contributed by atoms with van der Waals surface area (Å²) in [5.41, 5.74) is 1.62. The summed E-state index contributed by atoms with van der Waals surface area (Å²) in [6.07, 6.45) is 1.68. The van der Waals surface area contributed by atoms with Crippen molar-refractivity contribution < 1.29 is 4.79 Å². The second kappa shape index (κ2) is 2.77. The van der Waals surface area contributed by atoms with Gasteiger partial charge in [0.05, 0.1) is 5.69 Å². The van der Waals surface area contributed by atoms with Crippen molar-refractivity contribution in [2.75, 3.05) is 6.54 Å². The number of hydrogen-bond donors (Lipinski definition) is 0. The Bertz CT molecular complexity index is 344. The van der Waals surface area contributed by atoms with Gasteiger partial charge >= 0.3 is 0 Å². The number of hydrogen-bond acceptors (Lipinski definition) is 2. The van der Waals surface area contributed by atoms with E-state index in [1.807, 2.05) is 24.3 Å². The van der Waals surface area contributed by atoms with E-state index in [9.17, 15) is 4.79 Å². The monoisotopic (exact) mass is 159 g/mol. The Morgan fingerprint density at radius 2 is 2.08 bits per heavy atom. The minimum absolute atomic E-state index is 0.161. The molecule has 1 aliphatic rings. The average Bonchev–Trinajstić information content (AvgIpc) is 2.25. The average molecular weight is 159 g/mol. The van der Waals surface area contributed by atoms with E-state index in [1.165, 1.54) is 0 Å². The van der Waals surface area contributed by atoms with Crippen molar-refractivity contribution in [2.45, 2.75) is 0 Å². The van der Waals surface area contributed by atoms with Gasteiger partial charge in [-0.1, -0.05) is 18.2 Å². The van der Waals surface area contributed by atoms with Crippen molar-refractivity contribution in [2.24, 2.45) is 4.99 Å². The number of aliphatic imine (C=N–C) groups is 1. The molecule has 1 amide bonds. The van der Waals surface area contributed by atoms with Crippen LogP contribution in [0.5, 0.6) is 0 Å². The van der Waals surface area contributed by atoms with Crippen molar-refractivity contribution in [1.29, 1.82) is 0 Å². The molecule has 0 unspecified atom stereocenters. The Hall–Kier alpha value is -1.64. The highest BCUT2D eigenvalue weighted by atomic mass is 16.1. The Morgan fingerprint density at radius 1 is 1.25 bits per heavy atom. The largest absolute Gasteiger partial charge is 0.282 e. The molecule has 0 aliphatic carbocycles. The van der Waals surface area contributed by atoms with Gasteiger partial charge in [-0.05, 0) is 6.07 Å².